The molecule has 0 saturated heterocycles. The van der Waals surface area contributed by atoms with Crippen molar-refractivity contribution in [2.75, 3.05) is 26.7 Å². The van der Waals surface area contributed by atoms with E-state index in [1.807, 2.05) is 12.1 Å². The number of benzene rings is 1. The van der Waals surface area contributed by atoms with Crippen molar-refractivity contribution in [1.29, 1.82) is 0 Å². The minimum absolute atomic E-state index is 0. The highest BCUT2D eigenvalue weighted by atomic mass is 127. The summed E-state index contributed by atoms with van der Waals surface area (Å²) in [7, 11) is 1.70. The van der Waals surface area contributed by atoms with E-state index < -0.39 is 0 Å². The molecule has 0 aromatic heterocycles. The van der Waals surface area contributed by atoms with Crippen LogP contribution in [0.4, 0.5) is 0 Å². The van der Waals surface area contributed by atoms with Gasteiger partial charge in [0, 0.05) is 18.5 Å². The van der Waals surface area contributed by atoms with Crippen molar-refractivity contribution in [3.63, 3.8) is 0 Å². The monoisotopic (exact) mass is 419 g/mol. The third-order valence-corrected chi connectivity index (χ3v) is 3.37. The van der Waals surface area contributed by atoms with E-state index in [0.29, 0.717) is 0 Å². The lowest BCUT2D eigenvalue weighted by Crippen LogP contribution is -2.38. The Morgan fingerprint density at radius 3 is 2.55 bits per heavy atom. The Morgan fingerprint density at radius 1 is 1.23 bits per heavy atom. The van der Waals surface area contributed by atoms with Gasteiger partial charge in [0.15, 0.2) is 5.96 Å². The lowest BCUT2D eigenvalue weighted by molar-refractivity contribution is 0.412. The molecule has 0 saturated carbocycles. The average Bonchev–Trinajstić information content (AvgIpc) is 2.50. The smallest absolute Gasteiger partial charge is 0.191 e. The summed E-state index contributed by atoms with van der Waals surface area (Å²) in [6.45, 7) is 11.2. The number of rotatable bonds is 7. The van der Waals surface area contributed by atoms with Gasteiger partial charge in [-0.25, -0.2) is 0 Å². The lowest BCUT2D eigenvalue weighted by Gasteiger charge is -2.24. The highest BCUT2D eigenvalue weighted by Crippen LogP contribution is 2.26. The molecule has 1 aromatic rings. The molecule has 0 heterocycles. The zero-order valence-electron chi connectivity index (χ0n) is 14.4. The van der Waals surface area contributed by atoms with Crippen molar-refractivity contribution >= 4 is 29.9 Å². The van der Waals surface area contributed by atoms with E-state index >= 15 is 0 Å². The summed E-state index contributed by atoms with van der Waals surface area (Å²) in [5.74, 6) is 1.77. The molecule has 4 nitrogen and oxygen atoms in total. The van der Waals surface area contributed by atoms with E-state index in [1.54, 1.807) is 7.11 Å². The predicted molar refractivity (Wildman–Crippen MR) is 106 cm³/mol. The molecule has 0 spiro atoms. The van der Waals surface area contributed by atoms with Crippen LogP contribution in [0, 0.1) is 0 Å². The van der Waals surface area contributed by atoms with Crippen LogP contribution in [0.1, 0.15) is 39.7 Å². The molecule has 0 atom stereocenters. The first-order valence-electron chi connectivity index (χ1n) is 7.70. The lowest BCUT2D eigenvalue weighted by atomic mass is 9.85. The molecule has 0 fully saturated rings. The zero-order chi connectivity index (χ0) is 15.7. The molecule has 2 N–H and O–H groups in total. The SMILES string of the molecule is CCCNC(=NCC(C)(C)c1cccc(OC)c1)NCC.I. The maximum Gasteiger partial charge on any atom is 0.191 e. The molecule has 126 valence electrons. The molecule has 0 aliphatic heterocycles. The highest BCUT2D eigenvalue weighted by molar-refractivity contribution is 14.0. The van der Waals surface area contributed by atoms with Crippen molar-refractivity contribution in [1.82, 2.24) is 10.6 Å². The highest BCUT2D eigenvalue weighted by Gasteiger charge is 2.21. The van der Waals surface area contributed by atoms with Crippen molar-refractivity contribution in [3.05, 3.63) is 29.8 Å². The fourth-order valence-electron chi connectivity index (χ4n) is 2.00. The standard InChI is InChI=1S/C17H29N3O.HI/c1-6-11-19-16(18-7-2)20-13-17(3,4)14-9-8-10-15(12-14)21-5;/h8-10,12H,6-7,11,13H2,1-5H3,(H2,18,19,20);1H. The van der Waals surface area contributed by atoms with Gasteiger partial charge in [-0.1, -0.05) is 32.9 Å². The second-order valence-corrected chi connectivity index (χ2v) is 5.74. The minimum atomic E-state index is -0.0386. The van der Waals surface area contributed by atoms with Crippen molar-refractivity contribution in [2.24, 2.45) is 4.99 Å². The number of nitrogens with zero attached hydrogens (tertiary/aromatic N) is 1. The minimum Gasteiger partial charge on any atom is -0.497 e. The molecule has 1 rings (SSSR count). The van der Waals surface area contributed by atoms with Crippen LogP contribution < -0.4 is 15.4 Å². The number of hydrogen-bond acceptors (Lipinski definition) is 2. The van der Waals surface area contributed by atoms with Crippen LogP contribution in [0.3, 0.4) is 0 Å². The second-order valence-electron chi connectivity index (χ2n) is 5.74. The van der Waals surface area contributed by atoms with E-state index in [-0.39, 0.29) is 29.4 Å². The third kappa shape index (κ3) is 6.85. The number of halogens is 1. The number of nitrogens with one attached hydrogen (secondary N) is 2. The van der Waals surface area contributed by atoms with Gasteiger partial charge in [0.2, 0.25) is 0 Å². The fraction of sp³-hybridized carbons (Fsp3) is 0.588. The molecule has 0 amide bonds. The Morgan fingerprint density at radius 2 is 1.95 bits per heavy atom. The van der Waals surface area contributed by atoms with Crippen LogP contribution in [-0.2, 0) is 5.41 Å². The van der Waals surface area contributed by atoms with Crippen LogP contribution >= 0.6 is 24.0 Å². The van der Waals surface area contributed by atoms with E-state index in [9.17, 15) is 0 Å². The third-order valence-electron chi connectivity index (χ3n) is 3.37. The van der Waals surface area contributed by atoms with Gasteiger partial charge >= 0.3 is 0 Å². The van der Waals surface area contributed by atoms with Crippen molar-refractivity contribution < 1.29 is 4.74 Å². The Bertz CT molecular complexity index is 461. The van der Waals surface area contributed by atoms with Gasteiger partial charge in [-0.2, -0.15) is 0 Å². The first kappa shape index (κ1) is 21.0. The molecular weight excluding hydrogens is 389 g/mol. The van der Waals surface area contributed by atoms with E-state index in [2.05, 4.69) is 50.5 Å². The summed E-state index contributed by atoms with van der Waals surface area (Å²) in [5, 5.41) is 6.61. The molecule has 0 bridgehead atoms. The maximum absolute atomic E-state index is 5.31. The van der Waals surface area contributed by atoms with Crippen LogP contribution in [0.25, 0.3) is 0 Å². The molecule has 0 aliphatic rings. The molecule has 0 unspecified atom stereocenters. The number of methoxy groups -OCH3 is 1. The summed E-state index contributed by atoms with van der Waals surface area (Å²) in [6.07, 6.45) is 1.09. The average molecular weight is 419 g/mol. The van der Waals surface area contributed by atoms with Crippen molar-refractivity contribution in [2.45, 2.75) is 39.5 Å². The van der Waals surface area contributed by atoms with Gasteiger partial charge in [0.25, 0.3) is 0 Å². The summed E-state index contributed by atoms with van der Waals surface area (Å²) in [5.41, 5.74) is 1.19. The molecule has 5 heteroatoms. The van der Waals surface area contributed by atoms with Crippen LogP contribution in [0.15, 0.2) is 29.3 Å². The Labute approximate surface area is 152 Å². The predicted octanol–water partition coefficient (Wildman–Crippen LogP) is 3.56. The van der Waals surface area contributed by atoms with Gasteiger partial charge in [-0.05, 0) is 31.0 Å². The molecule has 1 aromatic carbocycles. The number of ether oxygens (including phenoxy) is 1. The first-order valence-corrected chi connectivity index (χ1v) is 7.70. The van der Waals surface area contributed by atoms with Crippen LogP contribution in [-0.4, -0.2) is 32.7 Å². The van der Waals surface area contributed by atoms with Crippen LogP contribution in [0.2, 0.25) is 0 Å². The Balaban J connectivity index is 0.00000441. The number of aliphatic imine (C=N–C) groups is 1. The maximum atomic E-state index is 5.31. The zero-order valence-corrected chi connectivity index (χ0v) is 16.7. The molecule has 22 heavy (non-hydrogen) atoms. The largest absolute Gasteiger partial charge is 0.497 e. The topological polar surface area (TPSA) is 45.7 Å². The van der Waals surface area contributed by atoms with E-state index in [4.69, 9.17) is 9.73 Å². The van der Waals surface area contributed by atoms with Crippen LogP contribution in [0.5, 0.6) is 5.75 Å². The van der Waals surface area contributed by atoms with Gasteiger partial charge < -0.3 is 15.4 Å². The molecule has 0 aliphatic carbocycles. The van der Waals surface area contributed by atoms with Gasteiger partial charge in [0.05, 0.1) is 13.7 Å². The van der Waals surface area contributed by atoms with Gasteiger partial charge in [-0.15, -0.1) is 24.0 Å². The Kier molecular flexibility index (Phi) is 10.2. The van der Waals surface area contributed by atoms with Gasteiger partial charge in [-0.3, -0.25) is 4.99 Å². The molecular formula is C17H30IN3O. The fourth-order valence-corrected chi connectivity index (χ4v) is 2.00. The molecule has 0 radical (unpaired) electrons. The summed E-state index contributed by atoms with van der Waals surface area (Å²) in [4.78, 5) is 4.71. The number of hydrogen-bond donors (Lipinski definition) is 2. The van der Waals surface area contributed by atoms with Gasteiger partial charge in [0.1, 0.15) is 5.75 Å². The number of guanidine groups is 1. The van der Waals surface area contributed by atoms with E-state index in [1.165, 1.54) is 5.56 Å². The second kappa shape index (κ2) is 10.7. The Hall–Kier alpha value is -0.980. The summed E-state index contributed by atoms with van der Waals surface area (Å²) >= 11 is 0. The normalized spacial score (nSPS) is 11.6. The van der Waals surface area contributed by atoms with Crippen molar-refractivity contribution in [3.8, 4) is 5.75 Å². The first-order chi connectivity index (χ1) is 10.0. The summed E-state index contributed by atoms with van der Waals surface area (Å²) < 4.78 is 5.31. The van der Waals surface area contributed by atoms with E-state index in [0.717, 1.165) is 37.8 Å². The summed E-state index contributed by atoms with van der Waals surface area (Å²) in [6, 6.07) is 8.21. The quantitative estimate of drug-likeness (QED) is 0.404.